The maximum atomic E-state index is 4.45. The molecule has 0 saturated carbocycles. The first-order valence-electron chi connectivity index (χ1n) is 8.43. The monoisotopic (exact) mass is 319 g/mol. The summed E-state index contributed by atoms with van der Waals surface area (Å²) in [7, 11) is 0. The number of hydrogen-bond donors (Lipinski definition) is 0. The molecule has 4 aromatic heterocycles. The van der Waals surface area contributed by atoms with Crippen LogP contribution in [-0.4, -0.2) is 24.0 Å². The second-order valence-electron chi connectivity index (χ2n) is 6.49. The lowest BCUT2D eigenvalue weighted by Crippen LogP contribution is -2.04. The van der Waals surface area contributed by atoms with Crippen LogP contribution in [-0.2, 0) is 0 Å². The Morgan fingerprint density at radius 3 is 2.67 bits per heavy atom. The van der Waals surface area contributed by atoms with Crippen molar-refractivity contribution in [3.63, 3.8) is 0 Å². The lowest BCUT2D eigenvalue weighted by atomic mass is 9.94. The number of nitrogens with zero attached hydrogens (tertiary/aromatic N) is 5. The van der Waals surface area contributed by atoms with Crippen LogP contribution >= 0.6 is 0 Å². The van der Waals surface area contributed by atoms with Gasteiger partial charge in [-0.15, -0.1) is 0 Å². The van der Waals surface area contributed by atoms with Crippen LogP contribution in [0.15, 0.2) is 55.2 Å². The summed E-state index contributed by atoms with van der Waals surface area (Å²) in [6, 6.07) is 8.26. The summed E-state index contributed by atoms with van der Waals surface area (Å²) in [6.07, 6.45) is 11.8. The largest absolute Gasteiger partial charge is 0.318 e. The SMILES string of the molecule is CC(CCC(C)c1cnc2cccnn12)c1ccc2cnccn12. The van der Waals surface area contributed by atoms with E-state index in [1.54, 1.807) is 0 Å². The van der Waals surface area contributed by atoms with Crippen molar-refractivity contribution < 1.29 is 0 Å². The Labute approximate surface area is 141 Å². The van der Waals surface area contributed by atoms with Crippen molar-refractivity contribution in [1.29, 1.82) is 0 Å². The molecule has 2 atom stereocenters. The van der Waals surface area contributed by atoms with Crippen LogP contribution in [0.2, 0.25) is 0 Å². The van der Waals surface area contributed by atoms with Gasteiger partial charge in [0.1, 0.15) is 0 Å². The zero-order valence-corrected chi connectivity index (χ0v) is 14.0. The average Bonchev–Trinajstić information content (AvgIpc) is 3.23. The molecule has 4 heterocycles. The molecule has 0 fully saturated rings. The van der Waals surface area contributed by atoms with Crippen LogP contribution in [0.1, 0.15) is 49.9 Å². The zero-order chi connectivity index (χ0) is 16.5. The first-order chi connectivity index (χ1) is 11.7. The maximum absolute atomic E-state index is 4.45. The minimum absolute atomic E-state index is 0.422. The van der Waals surface area contributed by atoms with Crippen LogP contribution in [0.3, 0.4) is 0 Å². The molecule has 4 rings (SSSR count). The molecule has 0 aliphatic rings. The van der Waals surface area contributed by atoms with E-state index in [0.717, 1.165) is 24.0 Å². The van der Waals surface area contributed by atoms with Gasteiger partial charge in [0.15, 0.2) is 5.65 Å². The van der Waals surface area contributed by atoms with E-state index >= 15 is 0 Å². The predicted molar refractivity (Wildman–Crippen MR) is 94.2 cm³/mol. The standard InChI is InChI=1S/C19H21N5/c1-14(17-8-7-16-12-20-10-11-23(16)17)5-6-15(2)18-13-21-19-4-3-9-22-24(18)19/h3-4,7-15H,5-6H2,1-2H3. The summed E-state index contributed by atoms with van der Waals surface area (Å²) in [5, 5.41) is 4.42. The Kier molecular flexibility index (Phi) is 3.76. The highest BCUT2D eigenvalue weighted by Gasteiger charge is 2.16. The molecule has 5 nitrogen and oxygen atoms in total. The summed E-state index contributed by atoms with van der Waals surface area (Å²) < 4.78 is 4.19. The van der Waals surface area contributed by atoms with E-state index in [1.165, 1.54) is 11.4 Å². The minimum Gasteiger partial charge on any atom is -0.318 e. The van der Waals surface area contributed by atoms with Crippen molar-refractivity contribution in [2.24, 2.45) is 0 Å². The topological polar surface area (TPSA) is 47.5 Å². The molecular weight excluding hydrogens is 298 g/mol. The third-order valence-electron chi connectivity index (χ3n) is 4.84. The second-order valence-corrected chi connectivity index (χ2v) is 6.49. The smallest absolute Gasteiger partial charge is 0.153 e. The highest BCUT2D eigenvalue weighted by Crippen LogP contribution is 2.28. The van der Waals surface area contributed by atoms with Crippen molar-refractivity contribution in [3.05, 3.63) is 66.6 Å². The quantitative estimate of drug-likeness (QED) is 0.557. The van der Waals surface area contributed by atoms with Gasteiger partial charge in [-0.25, -0.2) is 9.50 Å². The van der Waals surface area contributed by atoms with E-state index in [0.29, 0.717) is 11.8 Å². The minimum atomic E-state index is 0.422. The fourth-order valence-electron chi connectivity index (χ4n) is 3.36. The fourth-order valence-corrected chi connectivity index (χ4v) is 3.36. The van der Waals surface area contributed by atoms with Crippen molar-refractivity contribution >= 4 is 11.2 Å². The Hall–Kier alpha value is -2.69. The Morgan fingerprint density at radius 1 is 0.958 bits per heavy atom. The van der Waals surface area contributed by atoms with Crippen LogP contribution in [0, 0.1) is 0 Å². The van der Waals surface area contributed by atoms with Crippen LogP contribution in [0.25, 0.3) is 11.2 Å². The van der Waals surface area contributed by atoms with E-state index in [1.807, 2.05) is 47.6 Å². The normalized spacial score (nSPS) is 14.2. The van der Waals surface area contributed by atoms with Crippen LogP contribution in [0.4, 0.5) is 0 Å². The molecule has 0 radical (unpaired) electrons. The van der Waals surface area contributed by atoms with Crippen molar-refractivity contribution in [2.45, 2.75) is 38.5 Å². The van der Waals surface area contributed by atoms with Crippen molar-refractivity contribution in [2.75, 3.05) is 0 Å². The number of fused-ring (bicyclic) bond motifs is 2. The van der Waals surface area contributed by atoms with Crippen LogP contribution < -0.4 is 0 Å². The first kappa shape index (κ1) is 14.9. The Bertz CT molecular complexity index is 888. The molecule has 2 unspecified atom stereocenters. The van der Waals surface area contributed by atoms with Gasteiger partial charge >= 0.3 is 0 Å². The van der Waals surface area contributed by atoms with E-state index in [2.05, 4.69) is 45.4 Å². The molecule has 5 heteroatoms. The highest BCUT2D eigenvalue weighted by molar-refractivity contribution is 5.47. The number of imidazole rings is 1. The van der Waals surface area contributed by atoms with Gasteiger partial charge in [0.25, 0.3) is 0 Å². The lowest BCUT2D eigenvalue weighted by Gasteiger charge is -2.15. The lowest BCUT2D eigenvalue weighted by molar-refractivity contribution is 0.548. The van der Waals surface area contributed by atoms with Crippen molar-refractivity contribution in [1.82, 2.24) is 24.0 Å². The average molecular weight is 319 g/mol. The van der Waals surface area contributed by atoms with Gasteiger partial charge in [-0.1, -0.05) is 13.8 Å². The Balaban J connectivity index is 1.50. The molecular formula is C19H21N5. The second kappa shape index (κ2) is 6.07. The molecule has 0 spiro atoms. The third-order valence-corrected chi connectivity index (χ3v) is 4.84. The fraction of sp³-hybridized carbons (Fsp3) is 0.316. The predicted octanol–water partition coefficient (Wildman–Crippen LogP) is 4.06. The molecule has 24 heavy (non-hydrogen) atoms. The third kappa shape index (κ3) is 2.56. The van der Waals surface area contributed by atoms with E-state index < -0.39 is 0 Å². The van der Waals surface area contributed by atoms with Gasteiger partial charge in [-0.3, -0.25) is 4.98 Å². The van der Waals surface area contributed by atoms with E-state index in [9.17, 15) is 0 Å². The molecule has 0 bridgehead atoms. The van der Waals surface area contributed by atoms with Gasteiger partial charge in [0.05, 0.1) is 23.6 Å². The maximum Gasteiger partial charge on any atom is 0.153 e. The molecule has 0 N–H and O–H groups in total. The Morgan fingerprint density at radius 2 is 1.79 bits per heavy atom. The number of hydrogen-bond acceptors (Lipinski definition) is 3. The highest BCUT2D eigenvalue weighted by atomic mass is 15.2. The summed E-state index contributed by atoms with van der Waals surface area (Å²) in [5.41, 5.74) is 4.59. The molecule has 4 aromatic rings. The van der Waals surface area contributed by atoms with Gasteiger partial charge < -0.3 is 4.40 Å². The van der Waals surface area contributed by atoms with Gasteiger partial charge in [0.2, 0.25) is 0 Å². The molecule has 0 aliphatic heterocycles. The van der Waals surface area contributed by atoms with E-state index in [4.69, 9.17) is 0 Å². The van der Waals surface area contributed by atoms with Gasteiger partial charge in [-0.05, 0) is 43.0 Å². The van der Waals surface area contributed by atoms with Gasteiger partial charge in [0, 0.05) is 30.2 Å². The van der Waals surface area contributed by atoms with Crippen molar-refractivity contribution in [3.8, 4) is 0 Å². The van der Waals surface area contributed by atoms with Gasteiger partial charge in [-0.2, -0.15) is 5.10 Å². The number of aromatic nitrogens is 5. The molecule has 122 valence electrons. The summed E-state index contributed by atoms with van der Waals surface area (Å²) in [5.74, 6) is 0.912. The molecule has 0 aliphatic carbocycles. The number of rotatable bonds is 5. The summed E-state index contributed by atoms with van der Waals surface area (Å²) in [4.78, 5) is 8.63. The molecule has 0 amide bonds. The van der Waals surface area contributed by atoms with E-state index in [-0.39, 0.29) is 0 Å². The molecule has 0 saturated heterocycles. The molecule has 0 aromatic carbocycles. The summed E-state index contributed by atoms with van der Waals surface area (Å²) >= 11 is 0. The zero-order valence-electron chi connectivity index (χ0n) is 14.0. The first-order valence-corrected chi connectivity index (χ1v) is 8.43. The summed E-state index contributed by atoms with van der Waals surface area (Å²) in [6.45, 7) is 4.55. The van der Waals surface area contributed by atoms with Crippen LogP contribution in [0.5, 0.6) is 0 Å².